The fraction of sp³-hybridized carbons (Fsp3) is 0.707. The molecular formula is C58H98O6. The molecule has 1 unspecified atom stereocenters. The van der Waals surface area contributed by atoms with Gasteiger partial charge >= 0.3 is 17.9 Å². The second-order valence-corrected chi connectivity index (χ2v) is 17.4. The molecule has 0 aliphatic carbocycles. The van der Waals surface area contributed by atoms with Crippen molar-refractivity contribution in [1.82, 2.24) is 0 Å². The fourth-order valence-corrected chi connectivity index (χ4v) is 7.15. The maximum Gasteiger partial charge on any atom is 0.306 e. The van der Waals surface area contributed by atoms with Gasteiger partial charge in [-0.3, -0.25) is 14.4 Å². The Morgan fingerprint density at radius 3 is 1.00 bits per heavy atom. The number of hydrogen-bond acceptors (Lipinski definition) is 6. The van der Waals surface area contributed by atoms with Crippen molar-refractivity contribution >= 4 is 17.9 Å². The van der Waals surface area contributed by atoms with Gasteiger partial charge in [-0.15, -0.1) is 0 Å². The van der Waals surface area contributed by atoms with Gasteiger partial charge in [0.25, 0.3) is 0 Å². The third-order valence-electron chi connectivity index (χ3n) is 11.1. The summed E-state index contributed by atoms with van der Waals surface area (Å²) < 4.78 is 16.7. The molecule has 0 radical (unpaired) electrons. The minimum atomic E-state index is -0.794. The molecule has 0 bridgehead atoms. The molecule has 0 rings (SSSR count). The van der Waals surface area contributed by atoms with Crippen LogP contribution in [0.4, 0.5) is 0 Å². The van der Waals surface area contributed by atoms with E-state index >= 15 is 0 Å². The van der Waals surface area contributed by atoms with E-state index < -0.39 is 6.10 Å². The summed E-state index contributed by atoms with van der Waals surface area (Å²) in [4.78, 5) is 37.8. The number of carbonyl (C=O) groups is 3. The SMILES string of the molecule is CC/C=C\C/C=C\C/C=C\C/C=C\C/C=C\C/C=C\CCCCC(=O)OCC(COC(=O)CCCCCCCCC)OC(=O)CCCCCCCCC/C=C\CCCCCCCCC. The zero-order chi connectivity index (χ0) is 46.5. The smallest absolute Gasteiger partial charge is 0.306 e. The van der Waals surface area contributed by atoms with Gasteiger partial charge in [-0.1, -0.05) is 215 Å². The van der Waals surface area contributed by atoms with Crippen LogP contribution >= 0.6 is 0 Å². The van der Waals surface area contributed by atoms with Crippen LogP contribution in [0, 0.1) is 0 Å². The first-order valence-electron chi connectivity index (χ1n) is 26.6. The van der Waals surface area contributed by atoms with Gasteiger partial charge < -0.3 is 14.2 Å². The number of ether oxygens (including phenoxy) is 3. The molecule has 0 N–H and O–H groups in total. The quantitative estimate of drug-likeness (QED) is 0.0262. The highest BCUT2D eigenvalue weighted by Gasteiger charge is 2.19. The molecule has 0 fully saturated rings. The van der Waals surface area contributed by atoms with Crippen molar-refractivity contribution in [3.63, 3.8) is 0 Å². The molecule has 6 nitrogen and oxygen atoms in total. The first-order chi connectivity index (χ1) is 31.5. The lowest BCUT2D eigenvalue weighted by Gasteiger charge is -2.18. The predicted octanol–water partition coefficient (Wildman–Crippen LogP) is 17.6. The van der Waals surface area contributed by atoms with Gasteiger partial charge in [0.2, 0.25) is 0 Å². The van der Waals surface area contributed by atoms with Crippen LogP contribution in [0.2, 0.25) is 0 Å². The first kappa shape index (κ1) is 60.6. The summed E-state index contributed by atoms with van der Waals surface area (Å²) >= 11 is 0. The van der Waals surface area contributed by atoms with Gasteiger partial charge in [0.1, 0.15) is 13.2 Å². The highest BCUT2D eigenvalue weighted by atomic mass is 16.6. The van der Waals surface area contributed by atoms with Gasteiger partial charge in [-0.2, -0.15) is 0 Å². The summed E-state index contributed by atoms with van der Waals surface area (Å²) in [6, 6.07) is 0. The predicted molar refractivity (Wildman–Crippen MR) is 274 cm³/mol. The van der Waals surface area contributed by atoms with Crippen molar-refractivity contribution in [2.75, 3.05) is 13.2 Å². The molecule has 6 heteroatoms. The second kappa shape index (κ2) is 52.2. The van der Waals surface area contributed by atoms with E-state index in [0.717, 1.165) is 96.3 Å². The minimum absolute atomic E-state index is 0.0919. The van der Waals surface area contributed by atoms with Gasteiger partial charge in [0, 0.05) is 19.3 Å². The van der Waals surface area contributed by atoms with E-state index in [-0.39, 0.29) is 31.1 Å². The van der Waals surface area contributed by atoms with Crippen LogP contribution in [0.3, 0.4) is 0 Å². The molecule has 0 amide bonds. The van der Waals surface area contributed by atoms with Crippen molar-refractivity contribution in [3.8, 4) is 0 Å². The van der Waals surface area contributed by atoms with Crippen LogP contribution in [0.1, 0.15) is 245 Å². The molecule has 0 aliphatic rings. The van der Waals surface area contributed by atoms with Crippen LogP contribution in [0.15, 0.2) is 85.1 Å². The Hall–Kier alpha value is -3.41. The van der Waals surface area contributed by atoms with Crippen LogP contribution in [-0.4, -0.2) is 37.2 Å². The summed E-state index contributed by atoms with van der Waals surface area (Å²) in [5, 5.41) is 0. The van der Waals surface area contributed by atoms with Crippen molar-refractivity contribution < 1.29 is 28.6 Å². The normalized spacial score (nSPS) is 12.7. The molecule has 0 aromatic carbocycles. The van der Waals surface area contributed by atoms with Gasteiger partial charge in [-0.25, -0.2) is 0 Å². The van der Waals surface area contributed by atoms with Crippen LogP contribution in [0.5, 0.6) is 0 Å². The molecule has 64 heavy (non-hydrogen) atoms. The Kier molecular flexibility index (Phi) is 49.4. The number of allylic oxidation sites excluding steroid dienone is 14. The van der Waals surface area contributed by atoms with Crippen molar-refractivity contribution in [1.29, 1.82) is 0 Å². The second-order valence-electron chi connectivity index (χ2n) is 17.4. The third kappa shape index (κ3) is 49.6. The lowest BCUT2D eigenvalue weighted by molar-refractivity contribution is -0.167. The summed E-state index contributed by atoms with van der Waals surface area (Å²) in [5.74, 6) is -0.948. The van der Waals surface area contributed by atoms with Gasteiger partial charge in [0.15, 0.2) is 6.10 Å². The molecule has 0 aliphatic heterocycles. The van der Waals surface area contributed by atoms with Crippen LogP contribution < -0.4 is 0 Å². The van der Waals surface area contributed by atoms with Gasteiger partial charge in [0.05, 0.1) is 0 Å². The number of esters is 3. The zero-order valence-corrected chi connectivity index (χ0v) is 41.8. The number of rotatable bonds is 47. The summed E-state index contributed by atoms with van der Waals surface area (Å²) in [5.41, 5.74) is 0. The lowest BCUT2D eigenvalue weighted by Crippen LogP contribution is -2.30. The average Bonchev–Trinajstić information content (AvgIpc) is 3.29. The summed E-state index contributed by atoms with van der Waals surface area (Å²) in [6.45, 7) is 6.44. The molecule has 0 aromatic heterocycles. The van der Waals surface area contributed by atoms with Crippen molar-refractivity contribution in [3.05, 3.63) is 85.1 Å². The third-order valence-corrected chi connectivity index (χ3v) is 11.1. The minimum Gasteiger partial charge on any atom is -0.462 e. The van der Waals surface area contributed by atoms with E-state index in [1.54, 1.807) is 0 Å². The molecule has 0 saturated heterocycles. The van der Waals surface area contributed by atoms with E-state index in [2.05, 4.69) is 106 Å². The van der Waals surface area contributed by atoms with E-state index in [9.17, 15) is 14.4 Å². The van der Waals surface area contributed by atoms with E-state index in [0.29, 0.717) is 19.3 Å². The molecule has 0 heterocycles. The molecular weight excluding hydrogens is 793 g/mol. The Morgan fingerprint density at radius 1 is 0.328 bits per heavy atom. The molecule has 0 spiro atoms. The Labute approximate surface area is 395 Å². The Balaban J connectivity index is 4.34. The van der Waals surface area contributed by atoms with Crippen LogP contribution in [-0.2, 0) is 28.6 Å². The molecule has 1 atom stereocenters. The van der Waals surface area contributed by atoms with Gasteiger partial charge in [-0.05, 0) is 96.3 Å². The number of unbranched alkanes of at least 4 members (excludes halogenated alkanes) is 22. The molecule has 0 saturated carbocycles. The summed E-state index contributed by atoms with van der Waals surface area (Å²) in [7, 11) is 0. The Morgan fingerprint density at radius 2 is 0.609 bits per heavy atom. The summed E-state index contributed by atoms with van der Waals surface area (Å²) in [6.07, 6.45) is 67.3. The monoisotopic (exact) mass is 891 g/mol. The fourth-order valence-electron chi connectivity index (χ4n) is 7.15. The molecule has 366 valence electrons. The van der Waals surface area contributed by atoms with E-state index in [1.807, 2.05) is 0 Å². The van der Waals surface area contributed by atoms with Crippen molar-refractivity contribution in [2.45, 2.75) is 252 Å². The maximum atomic E-state index is 12.8. The van der Waals surface area contributed by atoms with Crippen molar-refractivity contribution in [2.24, 2.45) is 0 Å². The lowest BCUT2D eigenvalue weighted by atomic mass is 10.1. The number of hydrogen-bond donors (Lipinski definition) is 0. The van der Waals surface area contributed by atoms with E-state index in [4.69, 9.17) is 14.2 Å². The maximum absolute atomic E-state index is 12.8. The zero-order valence-electron chi connectivity index (χ0n) is 41.8. The highest BCUT2D eigenvalue weighted by Crippen LogP contribution is 2.14. The van der Waals surface area contributed by atoms with Crippen LogP contribution in [0.25, 0.3) is 0 Å². The largest absolute Gasteiger partial charge is 0.462 e. The molecule has 0 aromatic rings. The standard InChI is InChI=1S/C58H98O6/c1-4-7-10-13-16-18-20-22-24-26-28-29-30-32-33-35-37-39-42-45-48-51-57(60)63-54-55(53-62-56(59)50-47-44-41-15-12-9-6-3)64-58(61)52-49-46-43-40-38-36-34-31-27-25-23-21-19-17-14-11-8-5-2/h7,10,16,18,22,24-25,27-29,32-33,37,39,55H,4-6,8-9,11-15,17,19-21,23,26,30-31,34-36,38,40-54H2,1-3H3/b10-7-,18-16-,24-22-,27-25-,29-28-,33-32-,39-37-. The topological polar surface area (TPSA) is 78.9 Å². The first-order valence-corrected chi connectivity index (χ1v) is 26.6. The average molecular weight is 891 g/mol. The Bertz CT molecular complexity index is 1250. The highest BCUT2D eigenvalue weighted by molar-refractivity contribution is 5.71. The number of carbonyl (C=O) groups excluding carboxylic acids is 3. The van der Waals surface area contributed by atoms with E-state index in [1.165, 1.54) is 109 Å².